The van der Waals surface area contributed by atoms with Crippen LogP contribution in [0.1, 0.15) is 62.5 Å². The maximum Gasteiger partial charge on any atom is 0.246 e. The van der Waals surface area contributed by atoms with Crippen LogP contribution in [0, 0.1) is 0 Å². The molecule has 20 N–H and O–H groups in total. The molecule has 2 aliphatic heterocycles. The summed E-state index contributed by atoms with van der Waals surface area (Å²) in [6, 6.07) is 1.82. The van der Waals surface area contributed by atoms with Gasteiger partial charge in [0.1, 0.15) is 54.1 Å². The summed E-state index contributed by atoms with van der Waals surface area (Å²) >= 11 is 0. The zero-order valence-corrected chi connectivity index (χ0v) is 45.9. The van der Waals surface area contributed by atoms with Gasteiger partial charge < -0.3 is 86.5 Å². The van der Waals surface area contributed by atoms with Gasteiger partial charge in [0.15, 0.2) is 0 Å². The maximum absolute atomic E-state index is 14.8. The van der Waals surface area contributed by atoms with Crippen molar-refractivity contribution in [3.8, 4) is 5.75 Å². The van der Waals surface area contributed by atoms with E-state index >= 15 is 0 Å². The van der Waals surface area contributed by atoms with Crippen LogP contribution >= 0.6 is 21.6 Å². The quantitative estimate of drug-likeness (QED) is 0.0364. The zero-order valence-electron chi connectivity index (χ0n) is 44.2. The van der Waals surface area contributed by atoms with Gasteiger partial charge in [-0.2, -0.15) is 0 Å². The number of likely N-dealkylation sites (tertiary alicyclic amines) is 1. The first-order valence-electron chi connectivity index (χ1n) is 25.9. The molecule has 2 aromatic carbocycles. The maximum atomic E-state index is 14.8. The molecule has 2 aromatic rings. The minimum atomic E-state index is -1.85. The number of rotatable bonds is 23. The number of carbonyl (C=O) groups is 13. The molecule has 0 spiro atoms. The summed E-state index contributed by atoms with van der Waals surface area (Å²) in [4.78, 5) is 177. The Hall–Kier alpha value is -8.03. The van der Waals surface area contributed by atoms with Gasteiger partial charge in [-0.15, -0.1) is 0 Å². The summed E-state index contributed by atoms with van der Waals surface area (Å²) in [6.07, 6.45) is -0.962. The van der Waals surface area contributed by atoms with E-state index in [0.717, 1.165) is 26.5 Å². The molecule has 4 rings (SSSR count). The first kappa shape index (κ1) is 65.5. The van der Waals surface area contributed by atoms with Crippen LogP contribution < -0.4 is 76.5 Å². The number of aromatic hydroxyl groups is 1. The number of amides is 13. The van der Waals surface area contributed by atoms with E-state index in [9.17, 15) is 67.4 Å². The number of carbonyl (C=O) groups excluding carboxylic acids is 13. The molecule has 13 amide bonds. The lowest BCUT2D eigenvalue weighted by atomic mass is 10.0. The van der Waals surface area contributed by atoms with Crippen LogP contribution in [0.3, 0.4) is 0 Å². The standard InChI is InChI=1S/C50H71N15O14S2/c51-17-5-4-9-30(43(72)57-23-40(55)69)60-49(78)37-10-6-18-65(37)50(79)36-26-81-80-25-35(58-42(71)24-56-41(70)22-52)48(77)62-33(20-28-11-13-29(66)14-12-28)46(75)61-32(19-27-7-2-1-3-8-27)45(74)59-31(15-16-38(53)67)44(73)63-34(21-39(54)68)47(76)64-36/h1-3,7-8,11-14,30-37,66H,4-6,9-10,15-26,51-52H2,(H2,53,67)(H2,54,68)(H2,55,69)(H,56,70)(H,57,72)(H,58,71)(H,59,74)(H,60,78)(H,61,75)(H,62,77)(H,63,73)(H,64,76)/t30-,31-,32+,33-,34-,35-,36-,37-/m0/s1. The molecule has 31 heteroatoms. The molecule has 2 aliphatic rings. The van der Waals surface area contributed by atoms with Crippen LogP contribution in [-0.2, 0) is 75.2 Å². The largest absolute Gasteiger partial charge is 0.508 e. The molecule has 2 fully saturated rings. The van der Waals surface area contributed by atoms with Crippen LogP contribution in [0.15, 0.2) is 54.6 Å². The normalized spacial score (nSPS) is 21.7. The fourth-order valence-electron chi connectivity index (χ4n) is 8.38. The van der Waals surface area contributed by atoms with E-state index in [1.807, 2.05) is 0 Å². The molecule has 81 heavy (non-hydrogen) atoms. The highest BCUT2D eigenvalue weighted by Crippen LogP contribution is 2.26. The Kier molecular flexibility index (Phi) is 27.1. The first-order chi connectivity index (χ1) is 38.6. The molecule has 0 aliphatic carbocycles. The second kappa shape index (κ2) is 33.5. The second-order valence-electron chi connectivity index (χ2n) is 18.9. The number of nitrogens with zero attached hydrogens (tertiary/aromatic N) is 1. The number of benzene rings is 2. The number of unbranched alkanes of at least 4 members (excludes halogenated alkanes) is 1. The molecule has 8 atom stereocenters. The van der Waals surface area contributed by atoms with Crippen LogP contribution in [0.2, 0.25) is 0 Å². The lowest BCUT2D eigenvalue weighted by Crippen LogP contribution is -2.61. The van der Waals surface area contributed by atoms with Crippen molar-refractivity contribution in [2.45, 2.75) is 113 Å². The summed E-state index contributed by atoms with van der Waals surface area (Å²) in [5.41, 5.74) is 28.2. The number of nitrogens with one attached hydrogen (secondary N) is 9. The Morgan fingerprint density at radius 2 is 1.25 bits per heavy atom. The Labute approximate surface area is 473 Å². The van der Waals surface area contributed by atoms with E-state index in [1.165, 1.54) is 24.3 Å². The van der Waals surface area contributed by atoms with Gasteiger partial charge in [0.2, 0.25) is 76.8 Å². The molecule has 0 bridgehead atoms. The zero-order chi connectivity index (χ0) is 59.6. The Bertz CT molecular complexity index is 2580. The fraction of sp³-hybridized carbons (Fsp3) is 0.500. The highest BCUT2D eigenvalue weighted by atomic mass is 33.1. The lowest BCUT2D eigenvalue weighted by molar-refractivity contribution is -0.142. The summed E-state index contributed by atoms with van der Waals surface area (Å²) in [7, 11) is 1.79. The number of primary amides is 3. The number of nitrogens with two attached hydrogens (primary N) is 5. The Morgan fingerprint density at radius 1 is 0.654 bits per heavy atom. The third-order valence-electron chi connectivity index (χ3n) is 12.6. The molecule has 2 saturated heterocycles. The van der Waals surface area contributed by atoms with Crippen LogP contribution in [0.5, 0.6) is 5.75 Å². The molecule has 0 saturated carbocycles. The number of phenolic OH excluding ortho intramolecular Hbond substituents is 1. The van der Waals surface area contributed by atoms with Crippen molar-refractivity contribution in [1.82, 2.24) is 52.8 Å². The SMILES string of the molecule is NCCCC[C@H](NC(=O)[C@@H]1CCCN1C(=O)[C@@H]1CSSC[C@H](NC(=O)CNC(=O)CN)C(=O)N[C@@H](Cc2ccc(O)cc2)C(=O)N[C@H](Cc2ccccc2)C(=O)N[C@@H](CCC(N)=O)C(=O)N[C@@H](CC(N)=O)C(=O)N1)C(=O)NCC(N)=O. The molecule has 0 unspecified atom stereocenters. The van der Waals surface area contributed by atoms with Gasteiger partial charge in [0, 0.05) is 37.3 Å². The fourth-order valence-corrected chi connectivity index (χ4v) is 10.7. The highest BCUT2D eigenvalue weighted by molar-refractivity contribution is 8.76. The van der Waals surface area contributed by atoms with Crippen LogP contribution in [0.4, 0.5) is 0 Å². The average molecular weight is 1170 g/mol. The van der Waals surface area contributed by atoms with Crippen molar-refractivity contribution in [1.29, 1.82) is 0 Å². The van der Waals surface area contributed by atoms with Gasteiger partial charge in [-0.25, -0.2) is 0 Å². The van der Waals surface area contributed by atoms with Gasteiger partial charge in [0.05, 0.1) is 26.1 Å². The number of hydrogen-bond acceptors (Lipinski definition) is 18. The van der Waals surface area contributed by atoms with Crippen molar-refractivity contribution in [2.75, 3.05) is 44.2 Å². The molecule has 442 valence electrons. The van der Waals surface area contributed by atoms with Crippen molar-refractivity contribution in [3.63, 3.8) is 0 Å². The van der Waals surface area contributed by atoms with Crippen molar-refractivity contribution < 1.29 is 67.4 Å². The van der Waals surface area contributed by atoms with E-state index in [2.05, 4.69) is 47.9 Å². The van der Waals surface area contributed by atoms with E-state index in [1.54, 1.807) is 30.3 Å². The molecular weight excluding hydrogens is 1100 g/mol. The molecule has 2 heterocycles. The molecule has 29 nitrogen and oxygen atoms in total. The lowest BCUT2D eigenvalue weighted by Gasteiger charge is -2.31. The third-order valence-corrected chi connectivity index (χ3v) is 15.0. The monoisotopic (exact) mass is 1170 g/mol. The molecule has 0 radical (unpaired) electrons. The third kappa shape index (κ3) is 22.6. The summed E-state index contributed by atoms with van der Waals surface area (Å²) in [6.45, 7) is -1.37. The predicted molar refractivity (Wildman–Crippen MR) is 295 cm³/mol. The number of hydrogen-bond donors (Lipinski definition) is 15. The van der Waals surface area contributed by atoms with Gasteiger partial charge in [-0.3, -0.25) is 62.3 Å². The van der Waals surface area contributed by atoms with E-state index in [0.29, 0.717) is 24.0 Å². The molecular formula is C50H71N15O14S2. The Balaban J connectivity index is 1.81. The topological polar surface area (TPSA) is 484 Å². The minimum absolute atomic E-state index is 0.0331. The minimum Gasteiger partial charge on any atom is -0.508 e. The number of phenols is 1. The van der Waals surface area contributed by atoms with Crippen LogP contribution in [0.25, 0.3) is 0 Å². The van der Waals surface area contributed by atoms with E-state index in [-0.39, 0.29) is 62.4 Å². The summed E-state index contributed by atoms with van der Waals surface area (Å²) in [5.74, 6) is -12.7. The first-order valence-corrected chi connectivity index (χ1v) is 28.3. The second-order valence-corrected chi connectivity index (χ2v) is 21.5. The molecule has 0 aromatic heterocycles. The van der Waals surface area contributed by atoms with Crippen molar-refractivity contribution >= 4 is 98.4 Å². The smallest absolute Gasteiger partial charge is 0.246 e. The predicted octanol–water partition coefficient (Wildman–Crippen LogP) is -6.10. The van der Waals surface area contributed by atoms with E-state index in [4.69, 9.17) is 28.7 Å². The Morgan fingerprint density at radius 3 is 1.86 bits per heavy atom. The van der Waals surface area contributed by atoms with Gasteiger partial charge in [0.25, 0.3) is 0 Å². The van der Waals surface area contributed by atoms with Gasteiger partial charge in [-0.05, 0) is 68.3 Å². The highest BCUT2D eigenvalue weighted by Gasteiger charge is 2.41. The van der Waals surface area contributed by atoms with E-state index < -0.39 is 164 Å². The van der Waals surface area contributed by atoms with Gasteiger partial charge in [-0.1, -0.05) is 64.1 Å². The van der Waals surface area contributed by atoms with Gasteiger partial charge >= 0.3 is 0 Å². The average Bonchev–Trinajstić information content (AvgIpc) is 3.98. The summed E-state index contributed by atoms with van der Waals surface area (Å²) in [5, 5.41) is 32.5. The van der Waals surface area contributed by atoms with Crippen molar-refractivity contribution in [3.05, 3.63) is 65.7 Å². The summed E-state index contributed by atoms with van der Waals surface area (Å²) < 4.78 is 0. The van der Waals surface area contributed by atoms with Crippen molar-refractivity contribution in [2.24, 2.45) is 28.7 Å². The van der Waals surface area contributed by atoms with Crippen LogP contribution in [-0.4, -0.2) is 179 Å².